The van der Waals surface area contributed by atoms with E-state index in [0.717, 1.165) is 11.3 Å². The molecule has 0 saturated carbocycles. The van der Waals surface area contributed by atoms with Gasteiger partial charge in [-0.3, -0.25) is 0 Å². The molecule has 60 valence electrons. The van der Waals surface area contributed by atoms with E-state index in [-0.39, 0.29) is 5.75 Å². The monoisotopic (exact) mass is 177 g/mol. The van der Waals surface area contributed by atoms with Crippen molar-refractivity contribution in [3.8, 4) is 17.0 Å². The summed E-state index contributed by atoms with van der Waals surface area (Å²) in [5.41, 5.74) is 1.62. The molecule has 0 spiro atoms. The third-order valence-electron chi connectivity index (χ3n) is 1.62. The Morgan fingerprint density at radius 1 is 1.17 bits per heavy atom. The number of aromatic nitrogens is 1. The van der Waals surface area contributed by atoms with Crippen LogP contribution in [0.1, 0.15) is 0 Å². The quantitative estimate of drug-likeness (QED) is 0.726. The van der Waals surface area contributed by atoms with Crippen molar-refractivity contribution in [2.75, 3.05) is 0 Å². The van der Waals surface area contributed by atoms with Crippen LogP contribution in [0.15, 0.2) is 35.7 Å². The molecule has 1 heterocycles. The predicted octanol–water partition coefficient (Wildman–Crippen LogP) is 2.52. The summed E-state index contributed by atoms with van der Waals surface area (Å²) in [6, 6.07) is 9.08. The van der Waals surface area contributed by atoms with Crippen LogP contribution in [0, 0.1) is 0 Å². The molecule has 0 atom stereocenters. The van der Waals surface area contributed by atoms with Crippen molar-refractivity contribution in [1.29, 1.82) is 0 Å². The second-order valence-electron chi connectivity index (χ2n) is 2.40. The topological polar surface area (TPSA) is 33.1 Å². The van der Waals surface area contributed by atoms with Gasteiger partial charge in [-0.05, 0) is 29.7 Å². The van der Waals surface area contributed by atoms with Gasteiger partial charge in [0.15, 0.2) is 0 Å². The van der Waals surface area contributed by atoms with Crippen molar-refractivity contribution in [3.05, 3.63) is 35.7 Å². The van der Waals surface area contributed by atoms with Gasteiger partial charge < -0.3 is 5.11 Å². The normalized spacial score (nSPS) is 10.0. The van der Waals surface area contributed by atoms with E-state index in [0.29, 0.717) is 0 Å². The Morgan fingerprint density at radius 2 is 2.00 bits per heavy atom. The molecule has 0 aliphatic heterocycles. The number of phenolic OH excluding ortho intramolecular Hbond substituents is 1. The number of aromatic hydroxyl groups is 1. The lowest BCUT2D eigenvalue weighted by Gasteiger charge is -1.98. The van der Waals surface area contributed by atoms with Gasteiger partial charge in [-0.15, -0.1) is 0 Å². The van der Waals surface area contributed by atoms with Crippen molar-refractivity contribution >= 4 is 11.5 Å². The van der Waals surface area contributed by atoms with Gasteiger partial charge in [0, 0.05) is 10.9 Å². The molecule has 0 fully saturated rings. The van der Waals surface area contributed by atoms with Crippen LogP contribution in [0.5, 0.6) is 5.75 Å². The fraction of sp³-hybridized carbons (Fsp3) is 0. The average molecular weight is 177 g/mol. The number of hydrogen-bond donors (Lipinski definition) is 1. The number of para-hydroxylation sites is 1. The highest BCUT2D eigenvalue weighted by Gasteiger charge is 2.03. The molecule has 2 nitrogen and oxygen atoms in total. The standard InChI is InChI=1S/C9H7NOS/c11-9-4-2-1-3-7(9)8-5-6-12-10-8/h1-6,11H. The minimum Gasteiger partial charge on any atom is -0.507 e. The number of hydrogen-bond acceptors (Lipinski definition) is 3. The third kappa shape index (κ3) is 1.19. The molecule has 1 aromatic carbocycles. The number of nitrogens with zero attached hydrogens (tertiary/aromatic N) is 1. The van der Waals surface area contributed by atoms with E-state index >= 15 is 0 Å². The Kier molecular flexibility index (Phi) is 1.80. The minimum atomic E-state index is 0.281. The van der Waals surface area contributed by atoms with E-state index in [1.807, 2.05) is 23.6 Å². The summed E-state index contributed by atoms with van der Waals surface area (Å²) in [5.74, 6) is 0.281. The van der Waals surface area contributed by atoms with Crippen LogP contribution in [0.2, 0.25) is 0 Å². The van der Waals surface area contributed by atoms with Crippen molar-refractivity contribution in [2.45, 2.75) is 0 Å². The molecule has 1 aromatic heterocycles. The zero-order chi connectivity index (χ0) is 8.39. The number of benzene rings is 1. The van der Waals surface area contributed by atoms with Gasteiger partial charge in [0.05, 0.1) is 5.69 Å². The number of phenols is 1. The summed E-state index contributed by atoms with van der Waals surface area (Å²) in [4.78, 5) is 0. The van der Waals surface area contributed by atoms with Crippen molar-refractivity contribution in [3.63, 3.8) is 0 Å². The van der Waals surface area contributed by atoms with Gasteiger partial charge in [0.1, 0.15) is 5.75 Å². The minimum absolute atomic E-state index is 0.281. The first-order valence-electron chi connectivity index (χ1n) is 3.56. The Labute approximate surface area is 74.3 Å². The molecule has 0 bridgehead atoms. The molecule has 2 rings (SSSR count). The van der Waals surface area contributed by atoms with E-state index < -0.39 is 0 Å². The fourth-order valence-corrected chi connectivity index (χ4v) is 1.57. The lowest BCUT2D eigenvalue weighted by molar-refractivity contribution is 0.477. The smallest absolute Gasteiger partial charge is 0.125 e. The Hall–Kier alpha value is -1.35. The summed E-state index contributed by atoms with van der Waals surface area (Å²) >= 11 is 1.38. The highest BCUT2D eigenvalue weighted by atomic mass is 32.1. The van der Waals surface area contributed by atoms with E-state index in [4.69, 9.17) is 0 Å². The molecule has 12 heavy (non-hydrogen) atoms. The van der Waals surface area contributed by atoms with Crippen LogP contribution in [0.25, 0.3) is 11.3 Å². The molecule has 0 aliphatic carbocycles. The van der Waals surface area contributed by atoms with E-state index in [1.54, 1.807) is 12.1 Å². The Balaban J connectivity index is 2.55. The maximum Gasteiger partial charge on any atom is 0.125 e. The summed E-state index contributed by atoms with van der Waals surface area (Å²) in [6.07, 6.45) is 0. The third-order valence-corrected chi connectivity index (χ3v) is 2.18. The summed E-state index contributed by atoms with van der Waals surface area (Å²) in [5, 5.41) is 11.3. The molecule has 0 unspecified atom stereocenters. The lowest BCUT2D eigenvalue weighted by atomic mass is 10.1. The van der Waals surface area contributed by atoms with Crippen LogP contribution in [-0.2, 0) is 0 Å². The Morgan fingerprint density at radius 3 is 2.67 bits per heavy atom. The van der Waals surface area contributed by atoms with Gasteiger partial charge in [-0.1, -0.05) is 12.1 Å². The molecule has 3 heteroatoms. The molecular formula is C9H7NOS. The van der Waals surface area contributed by atoms with Gasteiger partial charge >= 0.3 is 0 Å². The molecular weight excluding hydrogens is 170 g/mol. The Bertz CT molecular complexity index is 370. The second-order valence-corrected chi connectivity index (χ2v) is 3.07. The zero-order valence-electron chi connectivity index (χ0n) is 6.27. The van der Waals surface area contributed by atoms with Gasteiger partial charge in [-0.2, -0.15) is 4.37 Å². The second kappa shape index (κ2) is 2.95. The van der Waals surface area contributed by atoms with E-state index in [1.165, 1.54) is 11.5 Å². The maximum absolute atomic E-state index is 9.45. The lowest BCUT2D eigenvalue weighted by Crippen LogP contribution is -1.76. The predicted molar refractivity (Wildman–Crippen MR) is 49.2 cm³/mol. The summed E-state index contributed by atoms with van der Waals surface area (Å²) < 4.78 is 4.13. The molecule has 0 radical (unpaired) electrons. The van der Waals surface area contributed by atoms with Crippen LogP contribution in [0.3, 0.4) is 0 Å². The molecule has 1 N–H and O–H groups in total. The van der Waals surface area contributed by atoms with E-state index in [9.17, 15) is 5.11 Å². The average Bonchev–Trinajstić information content (AvgIpc) is 2.57. The van der Waals surface area contributed by atoms with E-state index in [2.05, 4.69) is 4.37 Å². The van der Waals surface area contributed by atoms with Gasteiger partial charge in [0.25, 0.3) is 0 Å². The summed E-state index contributed by atoms with van der Waals surface area (Å²) in [7, 11) is 0. The van der Waals surface area contributed by atoms with Crippen LogP contribution in [0.4, 0.5) is 0 Å². The molecule has 0 amide bonds. The highest BCUT2D eigenvalue weighted by Crippen LogP contribution is 2.27. The molecule has 2 aromatic rings. The van der Waals surface area contributed by atoms with Crippen molar-refractivity contribution < 1.29 is 5.11 Å². The van der Waals surface area contributed by atoms with Gasteiger partial charge in [0.2, 0.25) is 0 Å². The largest absolute Gasteiger partial charge is 0.507 e. The van der Waals surface area contributed by atoms with Crippen LogP contribution in [-0.4, -0.2) is 9.48 Å². The SMILES string of the molecule is Oc1ccccc1-c1ccsn1. The fourth-order valence-electron chi connectivity index (χ4n) is 1.04. The number of rotatable bonds is 1. The van der Waals surface area contributed by atoms with Crippen molar-refractivity contribution in [1.82, 2.24) is 4.37 Å². The van der Waals surface area contributed by atoms with Crippen molar-refractivity contribution in [2.24, 2.45) is 0 Å². The highest BCUT2D eigenvalue weighted by molar-refractivity contribution is 7.03. The zero-order valence-corrected chi connectivity index (χ0v) is 7.08. The molecule has 0 saturated heterocycles. The molecule has 0 aliphatic rings. The maximum atomic E-state index is 9.45. The summed E-state index contributed by atoms with van der Waals surface area (Å²) in [6.45, 7) is 0. The van der Waals surface area contributed by atoms with Crippen LogP contribution < -0.4 is 0 Å². The van der Waals surface area contributed by atoms with Gasteiger partial charge in [-0.25, -0.2) is 0 Å². The first-order valence-corrected chi connectivity index (χ1v) is 4.40. The first kappa shape index (κ1) is 7.31. The first-order chi connectivity index (χ1) is 5.88. The van der Waals surface area contributed by atoms with Crippen LogP contribution >= 0.6 is 11.5 Å².